The number of methoxy groups -OCH3 is 2. The third kappa shape index (κ3) is 7.79. The molecule has 1 fully saturated rings. The Balaban J connectivity index is 1.83. The molecule has 1 aliphatic rings. The molecule has 3 rings (SSSR count). The van der Waals surface area contributed by atoms with Crippen LogP contribution in [0.1, 0.15) is 43.1 Å². The Morgan fingerprint density at radius 1 is 1.23 bits per heavy atom. The van der Waals surface area contributed by atoms with Gasteiger partial charge in [0.15, 0.2) is 5.69 Å². The van der Waals surface area contributed by atoms with Crippen LogP contribution in [0.25, 0.3) is 11.3 Å². The first-order valence-corrected chi connectivity index (χ1v) is 14.8. The van der Waals surface area contributed by atoms with Gasteiger partial charge >= 0.3 is 6.18 Å². The number of alkyl halides is 3. The molecule has 1 saturated carbocycles. The van der Waals surface area contributed by atoms with Crippen LogP contribution in [0.2, 0.25) is 5.02 Å². The summed E-state index contributed by atoms with van der Waals surface area (Å²) in [5.74, 6) is -0.108. The van der Waals surface area contributed by atoms with Crippen LogP contribution in [-0.4, -0.2) is 75.2 Å². The van der Waals surface area contributed by atoms with Crippen molar-refractivity contribution in [3.8, 4) is 17.0 Å². The van der Waals surface area contributed by atoms with Gasteiger partial charge in [0.25, 0.3) is 5.91 Å². The first-order valence-electron chi connectivity index (χ1n) is 12.5. The van der Waals surface area contributed by atoms with E-state index in [-0.39, 0.29) is 46.5 Å². The van der Waals surface area contributed by atoms with E-state index >= 15 is 0 Å². The van der Waals surface area contributed by atoms with Crippen molar-refractivity contribution in [3.63, 3.8) is 0 Å². The second-order valence-electron chi connectivity index (χ2n) is 9.73. The maximum absolute atomic E-state index is 13.1. The summed E-state index contributed by atoms with van der Waals surface area (Å²) in [4.78, 5) is 13.1. The number of nitrogens with zero attached hydrogens (tertiary/aromatic N) is 2. The van der Waals surface area contributed by atoms with Crippen molar-refractivity contribution in [2.45, 2.75) is 56.6 Å². The van der Waals surface area contributed by atoms with Crippen LogP contribution in [0, 0.1) is 5.92 Å². The standard InChI is InChI=1S/C25H34ClF3N4O5S/c1-15(25(27,28)29)31-17-7-10-19(20(13-17)38-3)23-21(26)22(32-33(23)11-12-37-2)24(34)30-14-16-5-8-18(9-6-16)39(4,35)36/h7,10,13,15-16,18,31H,5-6,8-9,11-12,14H2,1-4H3,(H,30,34)/t15-,16?,18?/m1/s1. The summed E-state index contributed by atoms with van der Waals surface area (Å²) < 4.78 is 74.8. The number of anilines is 1. The summed E-state index contributed by atoms with van der Waals surface area (Å²) in [6, 6.07) is 2.67. The highest BCUT2D eigenvalue weighted by atomic mass is 35.5. The van der Waals surface area contributed by atoms with E-state index in [1.807, 2.05) is 0 Å². The molecule has 0 radical (unpaired) electrons. The van der Waals surface area contributed by atoms with Crippen molar-refractivity contribution in [2.24, 2.45) is 5.92 Å². The minimum atomic E-state index is -4.43. The quantitative estimate of drug-likeness (QED) is 0.392. The fourth-order valence-corrected chi connectivity index (χ4v) is 6.03. The predicted octanol–water partition coefficient (Wildman–Crippen LogP) is 4.55. The van der Waals surface area contributed by atoms with Gasteiger partial charge in [-0.05, 0) is 50.7 Å². The molecular weight excluding hydrogens is 561 g/mol. The molecule has 14 heteroatoms. The minimum Gasteiger partial charge on any atom is -0.496 e. The maximum atomic E-state index is 13.1. The second kappa shape index (κ2) is 12.8. The lowest BCUT2D eigenvalue weighted by atomic mass is 9.89. The molecule has 1 aromatic carbocycles. The molecular formula is C25H34ClF3N4O5S. The molecule has 1 aliphatic carbocycles. The van der Waals surface area contributed by atoms with Crippen molar-refractivity contribution < 1.29 is 35.9 Å². The summed E-state index contributed by atoms with van der Waals surface area (Å²) in [5, 5.41) is 9.38. The molecule has 2 aromatic rings. The number of hydrogen-bond acceptors (Lipinski definition) is 7. The fourth-order valence-electron chi connectivity index (χ4n) is 4.58. The van der Waals surface area contributed by atoms with Crippen molar-refractivity contribution in [3.05, 3.63) is 28.9 Å². The van der Waals surface area contributed by atoms with Gasteiger partial charge < -0.3 is 20.1 Å². The van der Waals surface area contributed by atoms with Crippen molar-refractivity contribution in [2.75, 3.05) is 38.9 Å². The highest BCUT2D eigenvalue weighted by molar-refractivity contribution is 7.91. The first-order chi connectivity index (χ1) is 18.3. The molecule has 0 saturated heterocycles. The Labute approximate surface area is 231 Å². The molecule has 1 heterocycles. The summed E-state index contributed by atoms with van der Waals surface area (Å²) in [7, 11) is -0.184. The van der Waals surface area contributed by atoms with E-state index in [0.717, 1.165) is 6.92 Å². The number of carbonyl (C=O) groups excluding carboxylic acids is 1. The number of hydrogen-bond donors (Lipinski definition) is 2. The Hall–Kier alpha value is -2.51. The second-order valence-corrected chi connectivity index (χ2v) is 12.4. The number of aromatic nitrogens is 2. The zero-order valence-electron chi connectivity index (χ0n) is 22.3. The van der Waals surface area contributed by atoms with Crippen LogP contribution in [-0.2, 0) is 21.1 Å². The molecule has 0 bridgehead atoms. The van der Waals surface area contributed by atoms with E-state index in [0.29, 0.717) is 43.5 Å². The highest BCUT2D eigenvalue weighted by Gasteiger charge is 2.36. The Bertz CT molecular complexity index is 1260. The molecule has 39 heavy (non-hydrogen) atoms. The lowest BCUT2D eigenvalue weighted by molar-refractivity contribution is -0.138. The van der Waals surface area contributed by atoms with E-state index in [1.165, 1.54) is 37.3 Å². The van der Waals surface area contributed by atoms with Gasteiger partial charge in [-0.25, -0.2) is 8.42 Å². The lowest BCUT2D eigenvalue weighted by Crippen LogP contribution is -2.34. The molecule has 1 atom stereocenters. The number of nitrogens with one attached hydrogen (secondary N) is 2. The molecule has 9 nitrogen and oxygen atoms in total. The number of sulfone groups is 1. The van der Waals surface area contributed by atoms with E-state index in [2.05, 4.69) is 15.7 Å². The number of carbonyl (C=O) groups is 1. The van der Waals surface area contributed by atoms with Gasteiger partial charge in [-0.3, -0.25) is 9.48 Å². The summed E-state index contributed by atoms with van der Waals surface area (Å²) in [5.41, 5.74) is 0.986. The van der Waals surface area contributed by atoms with Crippen LogP contribution < -0.4 is 15.4 Å². The monoisotopic (exact) mass is 594 g/mol. The molecule has 1 aromatic heterocycles. The zero-order valence-corrected chi connectivity index (χ0v) is 23.8. The Morgan fingerprint density at radius 2 is 1.90 bits per heavy atom. The average Bonchev–Trinajstić information content (AvgIpc) is 3.20. The van der Waals surface area contributed by atoms with E-state index in [1.54, 1.807) is 6.07 Å². The van der Waals surface area contributed by atoms with Gasteiger partial charge in [-0.2, -0.15) is 18.3 Å². The first kappa shape index (κ1) is 31.0. The van der Waals surface area contributed by atoms with Crippen LogP contribution in [0.4, 0.5) is 18.9 Å². The third-order valence-corrected chi connectivity index (χ3v) is 8.94. The zero-order chi connectivity index (χ0) is 29.0. The van der Waals surface area contributed by atoms with Gasteiger partial charge in [-0.1, -0.05) is 11.6 Å². The van der Waals surface area contributed by atoms with Crippen LogP contribution in [0.15, 0.2) is 18.2 Å². The number of amides is 1. The Morgan fingerprint density at radius 3 is 2.46 bits per heavy atom. The van der Waals surface area contributed by atoms with E-state index in [9.17, 15) is 26.4 Å². The molecule has 0 unspecified atom stereocenters. The smallest absolute Gasteiger partial charge is 0.408 e. The summed E-state index contributed by atoms with van der Waals surface area (Å²) in [6.07, 6.45) is -0.692. The Kier molecular flexibility index (Phi) is 10.2. The van der Waals surface area contributed by atoms with Crippen LogP contribution in [0.3, 0.4) is 0 Å². The van der Waals surface area contributed by atoms with Crippen molar-refractivity contribution in [1.29, 1.82) is 0 Å². The number of ether oxygens (including phenoxy) is 2. The molecule has 2 N–H and O–H groups in total. The fraction of sp³-hybridized carbons (Fsp3) is 0.600. The van der Waals surface area contributed by atoms with Gasteiger partial charge in [-0.15, -0.1) is 0 Å². The topological polar surface area (TPSA) is 112 Å². The number of benzene rings is 1. The largest absolute Gasteiger partial charge is 0.496 e. The number of rotatable bonds is 11. The van der Waals surface area contributed by atoms with Gasteiger partial charge in [0.05, 0.1) is 36.2 Å². The van der Waals surface area contributed by atoms with Crippen molar-refractivity contribution in [1.82, 2.24) is 15.1 Å². The SMILES string of the molecule is COCCn1nc(C(=O)NCC2CCC(S(C)(=O)=O)CC2)c(Cl)c1-c1ccc(N[C@H](C)C(F)(F)F)cc1OC. The maximum Gasteiger partial charge on any atom is 0.408 e. The number of halogens is 4. The lowest BCUT2D eigenvalue weighted by Gasteiger charge is -2.27. The molecule has 0 aliphatic heterocycles. The molecule has 0 spiro atoms. The molecule has 218 valence electrons. The summed E-state index contributed by atoms with van der Waals surface area (Å²) in [6.45, 7) is 1.88. The van der Waals surface area contributed by atoms with Gasteiger partial charge in [0.1, 0.15) is 21.6 Å². The van der Waals surface area contributed by atoms with E-state index < -0.39 is 28.0 Å². The van der Waals surface area contributed by atoms with Gasteiger partial charge in [0.2, 0.25) is 0 Å². The average molecular weight is 595 g/mol. The van der Waals surface area contributed by atoms with Crippen molar-refractivity contribution >= 4 is 33.0 Å². The highest BCUT2D eigenvalue weighted by Crippen LogP contribution is 2.39. The predicted molar refractivity (Wildman–Crippen MR) is 143 cm³/mol. The van der Waals surface area contributed by atoms with Crippen LogP contribution in [0.5, 0.6) is 5.75 Å². The van der Waals surface area contributed by atoms with E-state index in [4.69, 9.17) is 21.1 Å². The minimum absolute atomic E-state index is 0.0115. The van der Waals surface area contributed by atoms with Crippen LogP contribution >= 0.6 is 11.6 Å². The third-order valence-electron chi connectivity index (χ3n) is 6.90. The summed E-state index contributed by atoms with van der Waals surface area (Å²) >= 11 is 6.67. The molecule has 1 amide bonds. The van der Waals surface area contributed by atoms with Gasteiger partial charge in [0, 0.05) is 37.2 Å². The normalized spacial score (nSPS) is 19.0.